The van der Waals surface area contributed by atoms with Crippen molar-refractivity contribution in [3.63, 3.8) is 0 Å². The first-order valence-electron chi connectivity index (χ1n) is 12.6. The van der Waals surface area contributed by atoms with Crippen molar-refractivity contribution in [2.75, 3.05) is 20.1 Å². The Hall–Kier alpha value is -3.22. The van der Waals surface area contributed by atoms with Gasteiger partial charge in [-0.1, -0.05) is 73.6 Å². The number of carbonyl (C=O) groups excluding carboxylic acids is 2. The molecule has 3 amide bonds. The molecule has 0 N–H and O–H groups in total. The van der Waals surface area contributed by atoms with Crippen LogP contribution in [0.15, 0.2) is 47.5 Å². The third kappa shape index (κ3) is 3.32. The minimum absolute atomic E-state index is 0.164. The third-order valence-corrected chi connectivity index (χ3v) is 7.89. The van der Waals surface area contributed by atoms with Crippen LogP contribution in [0.3, 0.4) is 0 Å². The standard InChI is InChI=1S/C27H32N5O2/c1-18-15-30(21-12-4-3-5-13-21)26-28-24-23(31(26)16-18)25(33)32(27(34)29(24)2)17-20-11-8-10-19-9-6-7-14-22(19)20/h6-11,14,18,21,23H,3-5,12-13,15-17H2,1-2H3/q+1. The van der Waals surface area contributed by atoms with E-state index in [1.165, 1.54) is 37.0 Å². The fraction of sp³-hybridized carbons (Fsp3) is 0.481. The van der Waals surface area contributed by atoms with Gasteiger partial charge >= 0.3 is 12.0 Å². The number of rotatable bonds is 3. The monoisotopic (exact) mass is 458 g/mol. The highest BCUT2D eigenvalue weighted by atomic mass is 16.2. The molecule has 2 aromatic carbocycles. The smallest absolute Gasteiger partial charge is 0.270 e. The van der Waals surface area contributed by atoms with Crippen LogP contribution in [0.4, 0.5) is 4.79 Å². The fourth-order valence-electron chi connectivity index (χ4n) is 6.18. The van der Waals surface area contributed by atoms with E-state index in [-0.39, 0.29) is 18.5 Å². The largest absolute Gasteiger partial charge is 0.392 e. The lowest BCUT2D eigenvalue weighted by Gasteiger charge is -2.37. The van der Waals surface area contributed by atoms with Gasteiger partial charge in [0.05, 0.1) is 25.7 Å². The lowest BCUT2D eigenvalue weighted by Crippen LogP contribution is -2.63. The lowest BCUT2D eigenvalue weighted by atomic mass is 9.93. The minimum Gasteiger partial charge on any atom is -0.270 e. The Morgan fingerprint density at radius 3 is 2.62 bits per heavy atom. The quantitative estimate of drug-likeness (QED) is 0.660. The summed E-state index contributed by atoms with van der Waals surface area (Å²) in [7, 11) is 1.75. The van der Waals surface area contributed by atoms with Crippen LogP contribution in [-0.2, 0) is 11.3 Å². The summed E-state index contributed by atoms with van der Waals surface area (Å²) in [5.74, 6) is 1.74. The highest BCUT2D eigenvalue weighted by Crippen LogP contribution is 2.31. The van der Waals surface area contributed by atoms with Crippen molar-refractivity contribution in [3.8, 4) is 0 Å². The molecule has 3 aliphatic heterocycles. The predicted octanol–water partition coefficient (Wildman–Crippen LogP) is 3.67. The average Bonchev–Trinajstić information content (AvgIpc) is 3.25. The van der Waals surface area contributed by atoms with Crippen LogP contribution in [0.1, 0.15) is 44.6 Å². The molecule has 0 spiro atoms. The number of benzene rings is 2. The molecule has 2 fully saturated rings. The number of imide groups is 1. The molecular weight excluding hydrogens is 426 g/mol. The Balaban J connectivity index is 1.36. The Morgan fingerprint density at radius 1 is 1.03 bits per heavy atom. The summed E-state index contributed by atoms with van der Waals surface area (Å²) < 4.78 is 2.17. The molecule has 0 radical (unpaired) electrons. The summed E-state index contributed by atoms with van der Waals surface area (Å²) >= 11 is 0. The zero-order valence-corrected chi connectivity index (χ0v) is 20.0. The van der Waals surface area contributed by atoms with E-state index in [4.69, 9.17) is 4.99 Å². The topological polar surface area (TPSA) is 59.2 Å². The molecule has 1 aliphatic carbocycles. The van der Waals surface area contributed by atoms with Crippen LogP contribution >= 0.6 is 0 Å². The number of aliphatic imine (C=N–C) groups is 1. The van der Waals surface area contributed by atoms with E-state index >= 15 is 0 Å². The van der Waals surface area contributed by atoms with Crippen molar-refractivity contribution in [1.29, 1.82) is 0 Å². The number of nitrogens with zero attached hydrogens (tertiary/aromatic N) is 5. The maximum Gasteiger partial charge on any atom is 0.392 e. The second kappa shape index (κ2) is 8.22. The van der Waals surface area contributed by atoms with Crippen molar-refractivity contribution >= 4 is 34.5 Å². The highest BCUT2D eigenvalue weighted by Gasteiger charge is 2.55. The lowest BCUT2D eigenvalue weighted by molar-refractivity contribution is -0.552. The van der Waals surface area contributed by atoms with E-state index in [1.807, 2.05) is 24.3 Å². The summed E-state index contributed by atoms with van der Waals surface area (Å²) in [6.45, 7) is 4.26. The summed E-state index contributed by atoms with van der Waals surface area (Å²) in [6.07, 6.45) is 6.15. The number of amides is 3. The van der Waals surface area contributed by atoms with Crippen LogP contribution in [-0.4, -0.2) is 75.2 Å². The molecule has 2 atom stereocenters. The second-order valence-electron chi connectivity index (χ2n) is 10.3. The Kier molecular flexibility index (Phi) is 5.15. The van der Waals surface area contributed by atoms with E-state index < -0.39 is 6.04 Å². The van der Waals surface area contributed by atoms with Crippen molar-refractivity contribution in [1.82, 2.24) is 14.7 Å². The maximum atomic E-state index is 13.9. The van der Waals surface area contributed by atoms with Crippen molar-refractivity contribution in [2.24, 2.45) is 10.9 Å². The fourth-order valence-corrected chi connectivity index (χ4v) is 6.18. The van der Waals surface area contributed by atoms with E-state index in [0.717, 1.165) is 35.4 Å². The first-order valence-corrected chi connectivity index (χ1v) is 12.6. The van der Waals surface area contributed by atoms with Crippen LogP contribution in [0.25, 0.3) is 10.8 Å². The van der Waals surface area contributed by atoms with Crippen LogP contribution in [0.5, 0.6) is 0 Å². The molecule has 3 heterocycles. The summed E-state index contributed by atoms with van der Waals surface area (Å²) in [6, 6.07) is 13.8. The molecule has 7 nitrogen and oxygen atoms in total. The normalized spacial score (nSPS) is 25.7. The molecule has 0 bridgehead atoms. The molecule has 2 aromatic rings. The first-order chi connectivity index (χ1) is 16.5. The van der Waals surface area contributed by atoms with Gasteiger partial charge < -0.3 is 0 Å². The van der Waals surface area contributed by atoms with Gasteiger partial charge in [-0.25, -0.2) is 9.37 Å². The molecule has 176 valence electrons. The van der Waals surface area contributed by atoms with Gasteiger partial charge in [0.15, 0.2) is 0 Å². The average molecular weight is 459 g/mol. The molecule has 34 heavy (non-hydrogen) atoms. The number of likely N-dealkylation sites (N-methyl/N-ethyl adjacent to an activating group) is 1. The molecule has 2 unspecified atom stereocenters. The molecule has 1 saturated heterocycles. The SMILES string of the molecule is CC1CN(C2CCCCC2)C2=[N+](C1)C1C(=O)N(Cc3cccc4ccccc34)C(=O)N(C)C1=N2. The first kappa shape index (κ1) is 21.3. The molecule has 6 rings (SSSR count). The Labute approximate surface area is 200 Å². The van der Waals surface area contributed by atoms with Crippen LogP contribution in [0, 0.1) is 5.92 Å². The third-order valence-electron chi connectivity index (χ3n) is 7.89. The molecule has 7 heteroatoms. The molecule has 4 aliphatic rings. The molecule has 1 saturated carbocycles. The highest BCUT2D eigenvalue weighted by molar-refractivity contribution is 6.23. The predicted molar refractivity (Wildman–Crippen MR) is 132 cm³/mol. The zero-order chi connectivity index (χ0) is 23.4. The van der Waals surface area contributed by atoms with Gasteiger partial charge in [-0.2, -0.15) is 0 Å². The Bertz CT molecular complexity index is 1220. The van der Waals surface area contributed by atoms with Gasteiger partial charge in [-0.05, 0) is 29.2 Å². The number of urea groups is 1. The van der Waals surface area contributed by atoms with Gasteiger partial charge in [0.1, 0.15) is 0 Å². The van der Waals surface area contributed by atoms with E-state index in [1.54, 1.807) is 11.9 Å². The van der Waals surface area contributed by atoms with E-state index in [9.17, 15) is 9.59 Å². The summed E-state index contributed by atoms with van der Waals surface area (Å²) in [5.41, 5.74) is 0.978. The van der Waals surface area contributed by atoms with Gasteiger partial charge in [0.25, 0.3) is 5.91 Å². The van der Waals surface area contributed by atoms with E-state index in [2.05, 4.69) is 34.6 Å². The number of fused-ring (bicyclic) bond motifs is 3. The zero-order valence-electron chi connectivity index (χ0n) is 20.0. The number of guanidine groups is 1. The van der Waals surface area contributed by atoms with Crippen molar-refractivity contribution in [3.05, 3.63) is 48.0 Å². The van der Waals surface area contributed by atoms with Crippen LogP contribution in [0.2, 0.25) is 0 Å². The minimum atomic E-state index is -0.526. The van der Waals surface area contributed by atoms with E-state index in [0.29, 0.717) is 17.8 Å². The van der Waals surface area contributed by atoms with Gasteiger partial charge in [0.2, 0.25) is 11.9 Å². The Morgan fingerprint density at radius 2 is 1.79 bits per heavy atom. The molecular formula is C27H32N5O2+. The van der Waals surface area contributed by atoms with Crippen molar-refractivity contribution < 1.29 is 14.2 Å². The van der Waals surface area contributed by atoms with Gasteiger partial charge in [-0.15, -0.1) is 0 Å². The maximum absolute atomic E-state index is 13.9. The van der Waals surface area contributed by atoms with Gasteiger partial charge in [-0.3, -0.25) is 19.5 Å². The summed E-state index contributed by atoms with van der Waals surface area (Å²) in [5, 5.41) is 2.18. The van der Waals surface area contributed by atoms with Crippen LogP contribution < -0.4 is 0 Å². The number of amidine groups is 1. The van der Waals surface area contributed by atoms with Gasteiger partial charge in [0, 0.05) is 13.0 Å². The second-order valence-corrected chi connectivity index (χ2v) is 10.3. The number of carbonyl (C=O) groups is 2. The van der Waals surface area contributed by atoms with Crippen molar-refractivity contribution in [2.45, 2.75) is 57.7 Å². The summed E-state index contributed by atoms with van der Waals surface area (Å²) in [4.78, 5) is 37.6. The molecule has 0 aromatic heterocycles. The number of hydrogen-bond acceptors (Lipinski definition) is 4. The number of hydrogen-bond donors (Lipinski definition) is 0.